The van der Waals surface area contributed by atoms with Gasteiger partial charge in [0.1, 0.15) is 11.1 Å². The molecule has 0 aliphatic heterocycles. The van der Waals surface area contributed by atoms with Crippen molar-refractivity contribution in [1.82, 2.24) is 0 Å². The molecular weight excluding hydrogens is 372 g/mol. The molecule has 2 aromatic rings. The van der Waals surface area contributed by atoms with Crippen LogP contribution in [-0.2, 0) is 22.4 Å². The lowest BCUT2D eigenvalue weighted by Gasteiger charge is -2.33. The van der Waals surface area contributed by atoms with Gasteiger partial charge in [0.05, 0.1) is 11.1 Å². The van der Waals surface area contributed by atoms with Crippen molar-refractivity contribution in [3.63, 3.8) is 0 Å². The predicted octanol–water partition coefficient (Wildman–Crippen LogP) is 4.57. The number of nitrogens with one attached hydrogen (secondary N) is 1. The van der Waals surface area contributed by atoms with E-state index in [4.69, 9.17) is 4.74 Å². The second kappa shape index (κ2) is 8.15. The van der Waals surface area contributed by atoms with Gasteiger partial charge in [-0.2, -0.15) is 5.26 Å². The summed E-state index contributed by atoms with van der Waals surface area (Å²) in [5, 5.41) is 12.9. The number of nitriles is 1. The van der Waals surface area contributed by atoms with Gasteiger partial charge in [-0.15, -0.1) is 11.3 Å². The maximum Gasteiger partial charge on any atom is 0.338 e. The summed E-state index contributed by atoms with van der Waals surface area (Å²) in [5.74, 6) is -0.429. The van der Waals surface area contributed by atoms with Gasteiger partial charge in [0, 0.05) is 4.88 Å². The van der Waals surface area contributed by atoms with E-state index in [1.165, 1.54) is 16.2 Å². The maximum absolute atomic E-state index is 12.3. The third-order valence-electron chi connectivity index (χ3n) is 5.20. The number of esters is 1. The number of hydrogen-bond acceptors (Lipinski definition) is 5. The average molecular weight is 397 g/mol. The fraction of sp³-hybridized carbons (Fsp3) is 0.409. The number of thiophene rings is 1. The van der Waals surface area contributed by atoms with Crippen LogP contribution in [0.1, 0.15) is 53.6 Å². The summed E-state index contributed by atoms with van der Waals surface area (Å²) in [6.45, 7) is 6.34. The molecule has 1 amide bonds. The van der Waals surface area contributed by atoms with Crippen LogP contribution in [0.5, 0.6) is 0 Å². The average Bonchev–Trinajstić information content (AvgIpc) is 3.02. The standard InChI is InChI=1S/C22H24N2O3S/c1-22(2,3)15-9-10-16-17(12-23)20(28-18(16)11-15)24-19(25)13-27-21(26)14-7-5-4-6-8-14/h4-8,15H,9-11,13H2,1-3H3,(H,24,25)/t15-/m1/s1. The van der Waals surface area contributed by atoms with Gasteiger partial charge in [-0.25, -0.2) is 4.79 Å². The predicted molar refractivity (Wildman–Crippen MR) is 109 cm³/mol. The molecule has 0 unspecified atom stereocenters. The number of fused-ring (bicyclic) bond motifs is 1. The maximum atomic E-state index is 12.3. The van der Waals surface area contributed by atoms with E-state index >= 15 is 0 Å². The van der Waals surface area contributed by atoms with Gasteiger partial charge in [-0.1, -0.05) is 39.0 Å². The Morgan fingerprint density at radius 1 is 1.29 bits per heavy atom. The Hall–Kier alpha value is -2.65. The summed E-state index contributed by atoms with van der Waals surface area (Å²) < 4.78 is 5.07. The largest absolute Gasteiger partial charge is 0.452 e. The lowest BCUT2D eigenvalue weighted by Crippen LogP contribution is -2.26. The molecule has 146 valence electrons. The van der Waals surface area contributed by atoms with Gasteiger partial charge in [0.25, 0.3) is 5.91 Å². The van der Waals surface area contributed by atoms with E-state index in [1.54, 1.807) is 30.3 Å². The highest BCUT2D eigenvalue weighted by molar-refractivity contribution is 7.16. The summed E-state index contributed by atoms with van der Waals surface area (Å²) >= 11 is 1.47. The second-order valence-electron chi connectivity index (χ2n) is 8.12. The number of carbonyl (C=O) groups is 2. The smallest absolute Gasteiger partial charge is 0.338 e. The molecule has 1 aliphatic rings. The molecule has 1 aromatic carbocycles. The quantitative estimate of drug-likeness (QED) is 0.768. The number of hydrogen-bond donors (Lipinski definition) is 1. The fourth-order valence-electron chi connectivity index (χ4n) is 3.48. The first-order chi connectivity index (χ1) is 13.3. The molecule has 6 heteroatoms. The molecule has 1 heterocycles. The summed E-state index contributed by atoms with van der Waals surface area (Å²) in [4.78, 5) is 25.4. The number of amides is 1. The minimum absolute atomic E-state index is 0.212. The molecule has 0 radical (unpaired) electrons. The molecule has 3 rings (SSSR count). The van der Waals surface area contributed by atoms with Crippen molar-refractivity contribution < 1.29 is 14.3 Å². The topological polar surface area (TPSA) is 79.2 Å². The van der Waals surface area contributed by atoms with Crippen molar-refractivity contribution in [3.8, 4) is 6.07 Å². The van der Waals surface area contributed by atoms with E-state index in [0.29, 0.717) is 22.0 Å². The Labute approximate surface area is 169 Å². The van der Waals surface area contributed by atoms with Gasteiger partial charge >= 0.3 is 5.97 Å². The third kappa shape index (κ3) is 4.42. The van der Waals surface area contributed by atoms with Crippen molar-refractivity contribution in [1.29, 1.82) is 5.26 Å². The molecule has 1 atom stereocenters. The lowest BCUT2D eigenvalue weighted by molar-refractivity contribution is -0.119. The highest BCUT2D eigenvalue weighted by Crippen LogP contribution is 2.43. The van der Waals surface area contributed by atoms with Crippen LogP contribution in [0.2, 0.25) is 0 Å². The molecule has 0 saturated heterocycles. The zero-order valence-electron chi connectivity index (χ0n) is 16.4. The Morgan fingerprint density at radius 2 is 2.00 bits per heavy atom. The third-order valence-corrected chi connectivity index (χ3v) is 6.37. The summed E-state index contributed by atoms with van der Waals surface area (Å²) in [5.41, 5.74) is 2.22. The van der Waals surface area contributed by atoms with Crippen LogP contribution in [0, 0.1) is 22.7 Å². The Kier molecular flexibility index (Phi) is 5.85. The van der Waals surface area contributed by atoms with Gasteiger partial charge < -0.3 is 10.1 Å². The first-order valence-corrected chi connectivity index (χ1v) is 10.2. The molecule has 0 saturated carbocycles. The summed E-state index contributed by atoms with van der Waals surface area (Å²) in [7, 11) is 0. The Bertz CT molecular complexity index is 920. The number of nitrogens with zero attached hydrogens (tertiary/aromatic N) is 1. The first kappa shape index (κ1) is 20.1. The second-order valence-corrected chi connectivity index (χ2v) is 9.22. The molecule has 1 aromatic heterocycles. The van der Waals surface area contributed by atoms with E-state index in [0.717, 1.165) is 24.8 Å². The minimum Gasteiger partial charge on any atom is -0.452 e. The van der Waals surface area contributed by atoms with Crippen LogP contribution < -0.4 is 5.32 Å². The van der Waals surface area contributed by atoms with Crippen molar-refractivity contribution in [2.24, 2.45) is 11.3 Å². The zero-order valence-corrected chi connectivity index (χ0v) is 17.2. The number of rotatable bonds is 4. The van der Waals surface area contributed by atoms with Crippen LogP contribution in [0.3, 0.4) is 0 Å². The summed E-state index contributed by atoms with van der Waals surface area (Å²) in [6.07, 6.45) is 2.83. The molecule has 1 N–H and O–H groups in total. The Morgan fingerprint density at radius 3 is 2.64 bits per heavy atom. The van der Waals surface area contributed by atoms with Gasteiger partial charge in [-0.05, 0) is 48.3 Å². The van der Waals surface area contributed by atoms with E-state index < -0.39 is 11.9 Å². The number of carbonyl (C=O) groups excluding carboxylic acids is 2. The minimum atomic E-state index is -0.547. The molecule has 0 bridgehead atoms. The van der Waals surface area contributed by atoms with Crippen LogP contribution in [0.4, 0.5) is 5.00 Å². The van der Waals surface area contributed by atoms with Crippen LogP contribution in [0.25, 0.3) is 0 Å². The van der Waals surface area contributed by atoms with Crippen LogP contribution >= 0.6 is 11.3 Å². The van der Waals surface area contributed by atoms with Crippen molar-refractivity contribution in [2.75, 3.05) is 11.9 Å². The zero-order chi connectivity index (χ0) is 20.3. The lowest BCUT2D eigenvalue weighted by atomic mass is 9.72. The Balaban J connectivity index is 1.66. The number of ether oxygens (including phenoxy) is 1. The van der Waals surface area contributed by atoms with E-state index in [2.05, 4.69) is 32.2 Å². The molecular formula is C22H24N2O3S. The highest BCUT2D eigenvalue weighted by Gasteiger charge is 2.32. The SMILES string of the molecule is CC(C)(C)[C@@H]1CCc2c(sc(NC(=O)COC(=O)c3ccccc3)c2C#N)C1. The van der Waals surface area contributed by atoms with E-state index in [-0.39, 0.29) is 12.0 Å². The molecule has 0 fully saturated rings. The van der Waals surface area contributed by atoms with Crippen LogP contribution in [0.15, 0.2) is 30.3 Å². The van der Waals surface area contributed by atoms with Crippen molar-refractivity contribution >= 4 is 28.2 Å². The normalized spacial score (nSPS) is 16.0. The monoisotopic (exact) mass is 396 g/mol. The summed E-state index contributed by atoms with van der Waals surface area (Å²) in [6, 6.07) is 10.8. The highest BCUT2D eigenvalue weighted by atomic mass is 32.1. The van der Waals surface area contributed by atoms with E-state index in [9.17, 15) is 14.9 Å². The molecule has 5 nitrogen and oxygen atoms in total. The van der Waals surface area contributed by atoms with Gasteiger partial charge in [0.15, 0.2) is 6.61 Å². The van der Waals surface area contributed by atoms with E-state index in [1.807, 2.05) is 0 Å². The molecule has 1 aliphatic carbocycles. The fourth-order valence-corrected chi connectivity index (χ4v) is 4.78. The van der Waals surface area contributed by atoms with Gasteiger partial charge in [0.2, 0.25) is 0 Å². The molecule has 28 heavy (non-hydrogen) atoms. The first-order valence-electron chi connectivity index (χ1n) is 9.36. The molecule has 0 spiro atoms. The number of anilines is 1. The number of benzene rings is 1. The van der Waals surface area contributed by atoms with Crippen molar-refractivity contribution in [3.05, 3.63) is 51.9 Å². The van der Waals surface area contributed by atoms with Crippen molar-refractivity contribution in [2.45, 2.75) is 40.0 Å². The van der Waals surface area contributed by atoms with Gasteiger partial charge in [-0.3, -0.25) is 4.79 Å². The van der Waals surface area contributed by atoms with Crippen LogP contribution in [-0.4, -0.2) is 18.5 Å².